The minimum absolute atomic E-state index is 0.0291. The summed E-state index contributed by atoms with van der Waals surface area (Å²) in [6.07, 6.45) is 7.17. The van der Waals surface area contributed by atoms with E-state index in [-0.39, 0.29) is 19.1 Å². The number of aromatic nitrogens is 5. The van der Waals surface area contributed by atoms with E-state index in [2.05, 4.69) is 26.1 Å². The topological polar surface area (TPSA) is 116 Å². The van der Waals surface area contributed by atoms with Gasteiger partial charge < -0.3 is 9.72 Å². The van der Waals surface area contributed by atoms with Gasteiger partial charge >= 0.3 is 0 Å². The lowest BCUT2D eigenvalue weighted by Gasteiger charge is -2.16. The third-order valence-electron chi connectivity index (χ3n) is 4.38. The molecule has 3 aromatic heterocycles. The molecule has 0 aliphatic heterocycles. The Balaban J connectivity index is 1.70. The summed E-state index contributed by atoms with van der Waals surface area (Å²) in [6.45, 7) is -0.0291. The standard InChI is InChI=1S/C20H15N7O/c21-6-4-18(14-2-1-3-16(10-14)28-9-7-22)27-12-15(11-26-27)19-17-5-8-23-20(17)25-13-24-19/h1-3,5,8,10-13,18H,4,9H2,(H,23,24,25). The van der Waals surface area contributed by atoms with E-state index in [1.54, 1.807) is 16.9 Å². The van der Waals surface area contributed by atoms with Crippen LogP contribution in [0.4, 0.5) is 0 Å². The van der Waals surface area contributed by atoms with Crippen molar-refractivity contribution >= 4 is 11.0 Å². The fourth-order valence-corrected chi connectivity index (χ4v) is 3.11. The molecule has 1 N–H and O–H groups in total. The van der Waals surface area contributed by atoms with Gasteiger partial charge in [0.15, 0.2) is 6.61 Å². The molecule has 0 fully saturated rings. The van der Waals surface area contributed by atoms with Crippen molar-refractivity contribution in [3.63, 3.8) is 0 Å². The van der Waals surface area contributed by atoms with E-state index < -0.39 is 0 Å². The normalized spacial score (nSPS) is 11.6. The number of nitriles is 2. The lowest BCUT2D eigenvalue weighted by atomic mass is 10.0. The summed E-state index contributed by atoms with van der Waals surface area (Å²) in [4.78, 5) is 11.7. The number of hydrogen-bond donors (Lipinski definition) is 1. The van der Waals surface area contributed by atoms with Gasteiger partial charge in [0.1, 0.15) is 23.8 Å². The van der Waals surface area contributed by atoms with Crippen LogP contribution in [0.1, 0.15) is 18.0 Å². The largest absolute Gasteiger partial charge is 0.479 e. The van der Waals surface area contributed by atoms with E-state index in [1.165, 1.54) is 6.33 Å². The number of nitrogens with zero attached hydrogens (tertiary/aromatic N) is 6. The van der Waals surface area contributed by atoms with Crippen molar-refractivity contribution in [2.45, 2.75) is 12.5 Å². The lowest BCUT2D eigenvalue weighted by molar-refractivity contribution is 0.367. The van der Waals surface area contributed by atoms with E-state index in [9.17, 15) is 5.26 Å². The predicted octanol–water partition coefficient (Wildman–Crippen LogP) is 3.23. The Kier molecular flexibility index (Phi) is 4.68. The van der Waals surface area contributed by atoms with Crippen molar-refractivity contribution in [2.75, 3.05) is 6.61 Å². The number of H-pyrrole nitrogens is 1. The molecule has 28 heavy (non-hydrogen) atoms. The number of benzene rings is 1. The number of hydrogen-bond acceptors (Lipinski definition) is 6. The number of ether oxygens (including phenoxy) is 1. The van der Waals surface area contributed by atoms with Crippen molar-refractivity contribution in [1.82, 2.24) is 24.7 Å². The van der Waals surface area contributed by atoms with E-state index in [1.807, 2.05) is 42.7 Å². The first-order valence-electron chi connectivity index (χ1n) is 8.59. The van der Waals surface area contributed by atoms with Crippen molar-refractivity contribution in [1.29, 1.82) is 10.5 Å². The Hall–Kier alpha value is -4.17. The molecule has 0 aliphatic carbocycles. The van der Waals surface area contributed by atoms with Crippen LogP contribution in [-0.2, 0) is 0 Å². The maximum absolute atomic E-state index is 9.32. The summed E-state index contributed by atoms with van der Waals surface area (Å²) in [5.41, 5.74) is 3.25. The molecule has 1 atom stereocenters. The molecule has 8 nitrogen and oxygen atoms in total. The number of nitrogens with one attached hydrogen (secondary N) is 1. The molecule has 0 radical (unpaired) electrons. The fraction of sp³-hybridized carbons (Fsp3) is 0.150. The maximum atomic E-state index is 9.32. The summed E-state index contributed by atoms with van der Waals surface area (Å²) in [6, 6.07) is 13.2. The zero-order chi connectivity index (χ0) is 19.3. The first-order valence-corrected chi connectivity index (χ1v) is 8.59. The minimum atomic E-state index is -0.284. The number of aromatic amines is 1. The van der Waals surface area contributed by atoms with Crippen molar-refractivity contribution in [3.8, 4) is 29.1 Å². The van der Waals surface area contributed by atoms with Crippen molar-refractivity contribution in [3.05, 3.63) is 60.8 Å². The Morgan fingerprint density at radius 2 is 2.11 bits per heavy atom. The molecular weight excluding hydrogens is 354 g/mol. The van der Waals surface area contributed by atoms with Crippen LogP contribution in [0.15, 0.2) is 55.2 Å². The van der Waals surface area contributed by atoms with Gasteiger partial charge in [0.05, 0.1) is 30.4 Å². The third-order valence-corrected chi connectivity index (χ3v) is 4.38. The van der Waals surface area contributed by atoms with Gasteiger partial charge in [-0.3, -0.25) is 4.68 Å². The summed E-state index contributed by atoms with van der Waals surface area (Å²) >= 11 is 0. The second-order valence-corrected chi connectivity index (χ2v) is 6.07. The average Bonchev–Trinajstić information content (AvgIpc) is 3.40. The highest BCUT2D eigenvalue weighted by Gasteiger charge is 2.17. The molecule has 0 spiro atoms. The maximum Gasteiger partial charge on any atom is 0.174 e. The van der Waals surface area contributed by atoms with Gasteiger partial charge in [0.2, 0.25) is 0 Å². The van der Waals surface area contributed by atoms with E-state index >= 15 is 0 Å². The molecule has 136 valence electrons. The van der Waals surface area contributed by atoms with Gasteiger partial charge in [-0.1, -0.05) is 12.1 Å². The molecule has 1 unspecified atom stereocenters. The highest BCUT2D eigenvalue weighted by Crippen LogP contribution is 2.29. The van der Waals surface area contributed by atoms with Crippen LogP contribution in [0.2, 0.25) is 0 Å². The molecule has 4 aromatic rings. The van der Waals surface area contributed by atoms with Crippen LogP contribution < -0.4 is 4.74 Å². The van der Waals surface area contributed by atoms with Gasteiger partial charge in [0.25, 0.3) is 0 Å². The van der Waals surface area contributed by atoms with E-state index in [0.717, 1.165) is 27.9 Å². The van der Waals surface area contributed by atoms with E-state index in [4.69, 9.17) is 10.00 Å². The molecule has 0 saturated heterocycles. The Morgan fingerprint density at radius 3 is 2.96 bits per heavy atom. The molecular formula is C20H15N7O. The summed E-state index contributed by atoms with van der Waals surface area (Å²) < 4.78 is 7.13. The highest BCUT2D eigenvalue weighted by molar-refractivity contribution is 5.89. The predicted molar refractivity (Wildman–Crippen MR) is 101 cm³/mol. The summed E-state index contributed by atoms with van der Waals surface area (Å²) in [5, 5.41) is 23.4. The molecule has 4 rings (SSSR count). The van der Waals surface area contributed by atoms with Crippen LogP contribution in [0.5, 0.6) is 5.75 Å². The smallest absolute Gasteiger partial charge is 0.174 e. The first-order chi connectivity index (χ1) is 13.8. The number of fused-ring (bicyclic) bond motifs is 1. The van der Waals surface area contributed by atoms with Gasteiger partial charge in [-0.25, -0.2) is 9.97 Å². The van der Waals surface area contributed by atoms with E-state index in [0.29, 0.717) is 5.75 Å². The van der Waals surface area contributed by atoms with Gasteiger partial charge in [-0.2, -0.15) is 15.6 Å². The van der Waals surface area contributed by atoms with Gasteiger partial charge in [-0.05, 0) is 23.8 Å². The molecule has 0 aliphatic rings. The second-order valence-electron chi connectivity index (χ2n) is 6.07. The van der Waals surface area contributed by atoms with Crippen LogP contribution in [0.25, 0.3) is 22.3 Å². The zero-order valence-corrected chi connectivity index (χ0v) is 14.8. The Morgan fingerprint density at radius 1 is 1.18 bits per heavy atom. The summed E-state index contributed by atoms with van der Waals surface area (Å²) in [5.74, 6) is 0.583. The van der Waals surface area contributed by atoms with Gasteiger partial charge in [0, 0.05) is 23.3 Å². The number of rotatable bonds is 6. The summed E-state index contributed by atoms with van der Waals surface area (Å²) in [7, 11) is 0. The second kappa shape index (κ2) is 7.60. The SMILES string of the molecule is N#CCOc1cccc(C(CC#N)n2cc(-c3ncnc4[nH]ccc34)cn2)c1. The van der Waals surface area contributed by atoms with Crippen molar-refractivity contribution in [2.24, 2.45) is 0 Å². The molecule has 0 amide bonds. The van der Waals surface area contributed by atoms with Crippen molar-refractivity contribution < 1.29 is 4.74 Å². The minimum Gasteiger partial charge on any atom is -0.479 e. The molecule has 8 heteroatoms. The quantitative estimate of drug-likeness (QED) is 0.558. The molecule has 1 aromatic carbocycles. The first kappa shape index (κ1) is 17.3. The van der Waals surface area contributed by atoms with Crippen LogP contribution in [0, 0.1) is 22.7 Å². The fourth-order valence-electron chi connectivity index (χ4n) is 3.11. The molecule has 0 bridgehead atoms. The molecule has 0 saturated carbocycles. The molecule has 3 heterocycles. The zero-order valence-electron chi connectivity index (χ0n) is 14.8. The average molecular weight is 369 g/mol. The van der Waals surface area contributed by atoms with Crippen LogP contribution >= 0.6 is 0 Å². The Labute approximate surface area is 160 Å². The van der Waals surface area contributed by atoms with Crippen LogP contribution in [0.3, 0.4) is 0 Å². The Bertz CT molecular complexity index is 1190. The third kappa shape index (κ3) is 3.27. The monoisotopic (exact) mass is 369 g/mol. The highest BCUT2D eigenvalue weighted by atomic mass is 16.5. The van der Waals surface area contributed by atoms with Crippen LogP contribution in [-0.4, -0.2) is 31.3 Å². The lowest BCUT2D eigenvalue weighted by Crippen LogP contribution is -2.11. The van der Waals surface area contributed by atoms with Gasteiger partial charge in [-0.15, -0.1) is 0 Å².